The van der Waals surface area contributed by atoms with Gasteiger partial charge in [0, 0.05) is 16.7 Å². The lowest BCUT2D eigenvalue weighted by atomic mass is 9.94. The number of carbonyl (C=O) groups is 1. The Kier molecular flexibility index (Phi) is 1.79. The van der Waals surface area contributed by atoms with Crippen molar-refractivity contribution in [1.82, 2.24) is 0 Å². The third-order valence-electron chi connectivity index (χ3n) is 3.32. The van der Waals surface area contributed by atoms with Crippen LogP contribution in [0, 0.1) is 0 Å². The summed E-state index contributed by atoms with van der Waals surface area (Å²) in [6.45, 7) is 4.14. The van der Waals surface area contributed by atoms with E-state index in [1.165, 1.54) is 0 Å². The number of hydrogen-bond acceptors (Lipinski definition) is 2. The van der Waals surface area contributed by atoms with Crippen molar-refractivity contribution in [2.24, 2.45) is 0 Å². The molecule has 0 aromatic heterocycles. The number of benzene rings is 1. The molecule has 0 saturated heterocycles. The molecule has 1 aromatic rings. The lowest BCUT2D eigenvalue weighted by Crippen LogP contribution is -2.27. The summed E-state index contributed by atoms with van der Waals surface area (Å²) in [6, 6.07) is 7.71. The van der Waals surface area contributed by atoms with Gasteiger partial charge in [0.1, 0.15) is 11.4 Å². The van der Waals surface area contributed by atoms with Crippen molar-refractivity contribution in [1.29, 1.82) is 0 Å². The monoisotopic (exact) mass is 214 g/mol. The molecule has 2 heteroatoms. The van der Waals surface area contributed by atoms with Gasteiger partial charge in [-0.05, 0) is 26.7 Å². The predicted molar refractivity (Wildman–Crippen MR) is 62.1 cm³/mol. The molecule has 2 aliphatic rings. The zero-order valence-electron chi connectivity index (χ0n) is 9.54. The van der Waals surface area contributed by atoms with E-state index < -0.39 is 0 Å². The van der Waals surface area contributed by atoms with E-state index in [-0.39, 0.29) is 11.4 Å². The smallest absolute Gasteiger partial charge is 0.193 e. The molecule has 0 spiro atoms. The number of carbonyl (C=O) groups excluding carboxylic acids is 1. The topological polar surface area (TPSA) is 26.3 Å². The van der Waals surface area contributed by atoms with E-state index in [0.717, 1.165) is 35.3 Å². The molecule has 0 atom stereocenters. The summed E-state index contributed by atoms with van der Waals surface area (Å²) in [6.07, 6.45) is 1.74. The van der Waals surface area contributed by atoms with Gasteiger partial charge >= 0.3 is 0 Å². The number of ether oxygens (including phenoxy) is 1. The lowest BCUT2D eigenvalue weighted by molar-refractivity contribution is 0.0563. The van der Waals surface area contributed by atoms with Gasteiger partial charge in [-0.15, -0.1) is 0 Å². The van der Waals surface area contributed by atoms with Crippen molar-refractivity contribution in [3.8, 4) is 0 Å². The molecule has 0 fully saturated rings. The summed E-state index contributed by atoms with van der Waals surface area (Å²) in [5.74, 6) is 0.970. The molecule has 0 amide bonds. The van der Waals surface area contributed by atoms with Gasteiger partial charge < -0.3 is 4.74 Å². The van der Waals surface area contributed by atoms with Gasteiger partial charge in [0.15, 0.2) is 5.78 Å². The molecule has 0 radical (unpaired) electrons. The van der Waals surface area contributed by atoms with Gasteiger partial charge in [-0.25, -0.2) is 0 Å². The van der Waals surface area contributed by atoms with Gasteiger partial charge in [-0.3, -0.25) is 4.79 Å². The molecular formula is C14H14O2. The van der Waals surface area contributed by atoms with E-state index in [2.05, 4.69) is 13.8 Å². The minimum absolute atomic E-state index is 0.154. The average Bonchev–Trinajstić information content (AvgIpc) is 2.52. The fraction of sp³-hybridized carbons (Fsp3) is 0.357. The third kappa shape index (κ3) is 1.22. The zero-order chi connectivity index (χ0) is 11.3. The van der Waals surface area contributed by atoms with Crippen molar-refractivity contribution >= 4 is 11.5 Å². The van der Waals surface area contributed by atoms with Gasteiger partial charge in [-0.1, -0.05) is 24.3 Å². The van der Waals surface area contributed by atoms with Crippen LogP contribution < -0.4 is 0 Å². The molecule has 0 unspecified atom stereocenters. The number of Topliss-reactive ketones (excluding diaryl/α,β-unsaturated/α-hetero) is 1. The Balaban J connectivity index is 2.15. The molecule has 1 aliphatic carbocycles. The van der Waals surface area contributed by atoms with E-state index in [9.17, 15) is 4.79 Å². The van der Waals surface area contributed by atoms with Crippen LogP contribution in [0.3, 0.4) is 0 Å². The van der Waals surface area contributed by atoms with Crippen molar-refractivity contribution in [2.45, 2.75) is 32.3 Å². The quantitative estimate of drug-likeness (QED) is 0.663. The molecule has 82 valence electrons. The maximum atomic E-state index is 12.1. The first-order valence-electron chi connectivity index (χ1n) is 5.65. The van der Waals surface area contributed by atoms with Crippen LogP contribution in [0.5, 0.6) is 0 Å². The van der Waals surface area contributed by atoms with Crippen molar-refractivity contribution in [3.05, 3.63) is 41.0 Å². The predicted octanol–water partition coefficient (Wildman–Crippen LogP) is 3.18. The second-order valence-electron chi connectivity index (χ2n) is 5.04. The Labute approximate surface area is 94.9 Å². The van der Waals surface area contributed by atoms with Crippen LogP contribution in [0.1, 0.15) is 42.6 Å². The summed E-state index contributed by atoms with van der Waals surface area (Å²) in [7, 11) is 0. The van der Waals surface area contributed by atoms with Gasteiger partial charge in [0.05, 0.1) is 0 Å². The zero-order valence-corrected chi connectivity index (χ0v) is 9.54. The highest BCUT2D eigenvalue weighted by Crippen LogP contribution is 2.43. The first-order chi connectivity index (χ1) is 7.58. The van der Waals surface area contributed by atoms with Crippen LogP contribution in [-0.2, 0) is 4.74 Å². The Morgan fingerprint density at radius 1 is 1.19 bits per heavy atom. The van der Waals surface area contributed by atoms with Crippen LogP contribution >= 0.6 is 0 Å². The molecule has 3 rings (SSSR count). The number of fused-ring (bicyclic) bond motifs is 2. The molecule has 16 heavy (non-hydrogen) atoms. The molecule has 1 aromatic carbocycles. The summed E-state index contributed by atoms with van der Waals surface area (Å²) >= 11 is 0. The number of allylic oxidation sites excluding steroid dienone is 1. The van der Waals surface area contributed by atoms with Crippen LogP contribution in [0.25, 0.3) is 5.76 Å². The largest absolute Gasteiger partial charge is 0.487 e. The number of rotatable bonds is 0. The summed E-state index contributed by atoms with van der Waals surface area (Å²) < 4.78 is 5.95. The molecule has 2 nitrogen and oxygen atoms in total. The molecule has 0 saturated carbocycles. The second kappa shape index (κ2) is 2.97. The van der Waals surface area contributed by atoms with E-state index in [0.29, 0.717) is 0 Å². The normalized spacial score (nSPS) is 21.5. The molecule has 1 aliphatic heterocycles. The fourth-order valence-electron chi connectivity index (χ4n) is 2.40. The highest BCUT2D eigenvalue weighted by molar-refractivity contribution is 6.19. The van der Waals surface area contributed by atoms with Crippen LogP contribution in [0.4, 0.5) is 0 Å². The third-order valence-corrected chi connectivity index (χ3v) is 3.32. The van der Waals surface area contributed by atoms with Crippen molar-refractivity contribution < 1.29 is 9.53 Å². The van der Waals surface area contributed by atoms with Crippen LogP contribution in [0.2, 0.25) is 0 Å². The maximum Gasteiger partial charge on any atom is 0.193 e. The molecule has 0 N–H and O–H groups in total. The molecule has 0 bridgehead atoms. The first-order valence-corrected chi connectivity index (χ1v) is 5.65. The summed E-state index contributed by atoms with van der Waals surface area (Å²) in [4.78, 5) is 12.1. The second-order valence-corrected chi connectivity index (χ2v) is 5.04. The fourth-order valence-corrected chi connectivity index (χ4v) is 2.40. The SMILES string of the molecule is CC1(C)CCC2=C(O1)c1ccccc1C2=O. The van der Waals surface area contributed by atoms with Crippen molar-refractivity contribution in [3.63, 3.8) is 0 Å². The molecule has 1 heterocycles. The number of ketones is 1. The standard InChI is InChI=1S/C14H14O2/c1-14(2)8-7-11-12(15)9-5-3-4-6-10(9)13(11)16-14/h3-6H,7-8H2,1-2H3. The van der Waals surface area contributed by atoms with Gasteiger partial charge in [-0.2, -0.15) is 0 Å². The summed E-state index contributed by atoms with van der Waals surface area (Å²) in [5.41, 5.74) is 2.47. The van der Waals surface area contributed by atoms with Gasteiger partial charge in [0.25, 0.3) is 0 Å². The Hall–Kier alpha value is -1.57. The van der Waals surface area contributed by atoms with E-state index in [4.69, 9.17) is 4.74 Å². The average molecular weight is 214 g/mol. The lowest BCUT2D eigenvalue weighted by Gasteiger charge is -2.31. The highest BCUT2D eigenvalue weighted by Gasteiger charge is 2.38. The minimum Gasteiger partial charge on any atom is -0.487 e. The van der Waals surface area contributed by atoms with E-state index in [1.807, 2.05) is 24.3 Å². The number of hydrogen-bond donors (Lipinski definition) is 0. The Morgan fingerprint density at radius 3 is 2.62 bits per heavy atom. The van der Waals surface area contributed by atoms with E-state index >= 15 is 0 Å². The first kappa shape index (κ1) is 9.64. The Bertz CT molecular complexity index is 509. The minimum atomic E-state index is -0.156. The maximum absolute atomic E-state index is 12.1. The van der Waals surface area contributed by atoms with E-state index in [1.54, 1.807) is 0 Å². The molecular weight excluding hydrogens is 200 g/mol. The van der Waals surface area contributed by atoms with Gasteiger partial charge in [0.2, 0.25) is 0 Å². The van der Waals surface area contributed by atoms with Crippen LogP contribution in [0.15, 0.2) is 29.8 Å². The van der Waals surface area contributed by atoms with Crippen molar-refractivity contribution in [2.75, 3.05) is 0 Å². The Morgan fingerprint density at radius 2 is 1.88 bits per heavy atom. The highest BCUT2D eigenvalue weighted by atomic mass is 16.5. The summed E-state index contributed by atoms with van der Waals surface area (Å²) in [5, 5.41) is 0. The van der Waals surface area contributed by atoms with Crippen LogP contribution in [-0.4, -0.2) is 11.4 Å².